The predicted octanol–water partition coefficient (Wildman–Crippen LogP) is 6.91. The molecule has 2 aromatic carbocycles. The van der Waals surface area contributed by atoms with Crippen LogP contribution >= 0.6 is 46.3 Å². The summed E-state index contributed by atoms with van der Waals surface area (Å²) >= 11 is 20.2. The van der Waals surface area contributed by atoms with Crippen LogP contribution in [0.25, 0.3) is 21.7 Å². The summed E-state index contributed by atoms with van der Waals surface area (Å²) in [6, 6.07) is 16.3. The van der Waals surface area contributed by atoms with E-state index >= 15 is 0 Å². The first-order chi connectivity index (χ1) is 13.6. The fourth-order valence-corrected chi connectivity index (χ4v) is 4.72. The fraction of sp³-hybridized carbons (Fsp3) is 0.0476. The minimum absolute atomic E-state index is 0.487. The minimum atomic E-state index is -0.944. The number of aliphatic hydroxyl groups excluding tert-OH is 1. The van der Waals surface area contributed by atoms with E-state index in [2.05, 4.69) is 9.36 Å². The van der Waals surface area contributed by atoms with Gasteiger partial charge >= 0.3 is 0 Å². The van der Waals surface area contributed by atoms with Gasteiger partial charge in [0, 0.05) is 39.7 Å². The Kier molecular flexibility index (Phi) is 5.67. The third-order valence-electron chi connectivity index (χ3n) is 4.31. The molecular weight excluding hydrogens is 435 g/mol. The molecule has 2 aromatic heterocycles. The molecular formula is C21H13Cl3N2OS. The highest BCUT2D eigenvalue weighted by Gasteiger charge is 2.26. The van der Waals surface area contributed by atoms with Crippen molar-refractivity contribution in [2.75, 3.05) is 0 Å². The van der Waals surface area contributed by atoms with Crippen molar-refractivity contribution in [2.45, 2.75) is 6.10 Å². The van der Waals surface area contributed by atoms with Crippen LogP contribution in [0.3, 0.4) is 0 Å². The molecule has 7 heteroatoms. The number of pyridine rings is 1. The van der Waals surface area contributed by atoms with Gasteiger partial charge in [-0.3, -0.25) is 4.98 Å². The summed E-state index contributed by atoms with van der Waals surface area (Å²) in [5.41, 5.74) is 3.40. The van der Waals surface area contributed by atoms with Gasteiger partial charge < -0.3 is 5.11 Å². The third-order valence-corrected chi connectivity index (χ3v) is 6.08. The highest BCUT2D eigenvalue weighted by Crippen LogP contribution is 2.45. The van der Waals surface area contributed by atoms with E-state index in [1.807, 2.05) is 30.3 Å². The molecule has 0 saturated carbocycles. The van der Waals surface area contributed by atoms with Crippen LogP contribution in [0.4, 0.5) is 0 Å². The average Bonchev–Trinajstić information content (AvgIpc) is 3.13. The maximum Gasteiger partial charge on any atom is 0.109 e. The molecule has 3 nitrogen and oxygen atoms in total. The Morgan fingerprint density at radius 1 is 0.893 bits per heavy atom. The monoisotopic (exact) mass is 446 g/mol. The molecule has 2 heterocycles. The number of nitrogens with zero attached hydrogens (tertiary/aromatic N) is 2. The van der Waals surface area contributed by atoms with Crippen molar-refractivity contribution < 1.29 is 5.11 Å². The Morgan fingerprint density at radius 3 is 2.43 bits per heavy atom. The summed E-state index contributed by atoms with van der Waals surface area (Å²) < 4.78 is 4.62. The number of hydrogen-bond donors (Lipinski definition) is 1. The van der Waals surface area contributed by atoms with Gasteiger partial charge in [-0.15, -0.1) is 0 Å². The van der Waals surface area contributed by atoms with Crippen molar-refractivity contribution in [3.05, 3.63) is 93.2 Å². The molecule has 0 spiro atoms. The van der Waals surface area contributed by atoms with Gasteiger partial charge in [0.05, 0.1) is 20.6 Å². The molecule has 140 valence electrons. The van der Waals surface area contributed by atoms with Crippen LogP contribution in [0.1, 0.15) is 17.2 Å². The van der Waals surface area contributed by atoms with Gasteiger partial charge in [0.15, 0.2) is 0 Å². The molecule has 0 aliphatic heterocycles. The maximum absolute atomic E-state index is 11.2. The SMILES string of the molecule is OC(c1cccnc1)c1c(-c2ccccc2Cl)nsc1-c1ccc(Cl)cc1Cl. The predicted molar refractivity (Wildman–Crippen MR) is 116 cm³/mol. The summed E-state index contributed by atoms with van der Waals surface area (Å²) in [5, 5.41) is 12.8. The van der Waals surface area contributed by atoms with E-state index in [0.29, 0.717) is 31.9 Å². The third kappa shape index (κ3) is 3.66. The number of aliphatic hydroxyl groups is 1. The zero-order chi connectivity index (χ0) is 19.7. The molecule has 0 fully saturated rings. The fourth-order valence-electron chi connectivity index (χ4n) is 2.97. The van der Waals surface area contributed by atoms with Crippen molar-refractivity contribution in [1.82, 2.24) is 9.36 Å². The molecule has 0 radical (unpaired) electrons. The molecule has 0 amide bonds. The van der Waals surface area contributed by atoms with E-state index in [9.17, 15) is 5.11 Å². The molecule has 0 aliphatic rings. The van der Waals surface area contributed by atoms with Gasteiger partial charge in [-0.05, 0) is 35.8 Å². The zero-order valence-electron chi connectivity index (χ0n) is 14.3. The summed E-state index contributed by atoms with van der Waals surface area (Å²) in [4.78, 5) is 4.88. The Balaban J connectivity index is 1.96. The molecule has 1 N–H and O–H groups in total. The number of aromatic nitrogens is 2. The Bertz CT molecular complexity index is 1130. The van der Waals surface area contributed by atoms with E-state index in [-0.39, 0.29) is 0 Å². The van der Waals surface area contributed by atoms with Crippen molar-refractivity contribution >= 4 is 46.3 Å². The van der Waals surface area contributed by atoms with E-state index in [1.165, 1.54) is 11.5 Å². The van der Waals surface area contributed by atoms with E-state index in [0.717, 1.165) is 16.0 Å². The van der Waals surface area contributed by atoms with Crippen LogP contribution in [-0.4, -0.2) is 14.5 Å². The summed E-state index contributed by atoms with van der Waals surface area (Å²) in [5.74, 6) is 0. The van der Waals surface area contributed by atoms with Crippen LogP contribution in [0.15, 0.2) is 67.0 Å². The quantitative estimate of drug-likeness (QED) is 0.369. The molecule has 4 rings (SSSR count). The topological polar surface area (TPSA) is 46.0 Å². The summed E-state index contributed by atoms with van der Waals surface area (Å²) in [6.45, 7) is 0. The van der Waals surface area contributed by atoms with Gasteiger partial charge in [-0.2, -0.15) is 4.37 Å². The summed E-state index contributed by atoms with van der Waals surface area (Å²) in [6.07, 6.45) is 2.35. The second kappa shape index (κ2) is 8.19. The van der Waals surface area contributed by atoms with Gasteiger partial charge in [0.1, 0.15) is 6.10 Å². The first-order valence-electron chi connectivity index (χ1n) is 8.34. The van der Waals surface area contributed by atoms with Crippen LogP contribution in [0.5, 0.6) is 0 Å². The minimum Gasteiger partial charge on any atom is -0.383 e. The number of hydrogen-bond acceptors (Lipinski definition) is 4. The first-order valence-corrected chi connectivity index (χ1v) is 10.2. The van der Waals surface area contributed by atoms with Gasteiger partial charge in [0.2, 0.25) is 0 Å². The second-order valence-corrected chi connectivity index (χ2v) is 8.09. The Morgan fingerprint density at radius 2 is 1.71 bits per heavy atom. The molecule has 1 atom stereocenters. The highest BCUT2D eigenvalue weighted by molar-refractivity contribution is 7.10. The highest BCUT2D eigenvalue weighted by atomic mass is 35.5. The van der Waals surface area contributed by atoms with Crippen LogP contribution in [0, 0.1) is 0 Å². The van der Waals surface area contributed by atoms with Crippen molar-refractivity contribution in [2.24, 2.45) is 0 Å². The summed E-state index contributed by atoms with van der Waals surface area (Å²) in [7, 11) is 0. The lowest BCUT2D eigenvalue weighted by Gasteiger charge is -2.15. The molecule has 28 heavy (non-hydrogen) atoms. The van der Waals surface area contributed by atoms with Crippen molar-refractivity contribution in [3.63, 3.8) is 0 Å². The van der Waals surface area contributed by atoms with Crippen molar-refractivity contribution in [3.8, 4) is 21.7 Å². The van der Waals surface area contributed by atoms with E-state index in [4.69, 9.17) is 34.8 Å². The first kappa shape index (κ1) is 19.4. The molecule has 1 unspecified atom stereocenters. The zero-order valence-corrected chi connectivity index (χ0v) is 17.4. The van der Waals surface area contributed by atoms with Crippen LogP contribution in [0.2, 0.25) is 15.1 Å². The van der Waals surface area contributed by atoms with Crippen molar-refractivity contribution in [1.29, 1.82) is 0 Å². The Hall–Kier alpha value is -1.95. The molecule has 4 aromatic rings. The van der Waals surface area contributed by atoms with E-state index < -0.39 is 6.10 Å². The maximum atomic E-state index is 11.2. The van der Waals surface area contributed by atoms with Gasteiger partial charge in [-0.1, -0.05) is 65.1 Å². The largest absolute Gasteiger partial charge is 0.383 e. The number of halogens is 3. The lowest BCUT2D eigenvalue weighted by molar-refractivity contribution is 0.221. The van der Waals surface area contributed by atoms with Crippen LogP contribution in [-0.2, 0) is 0 Å². The molecule has 0 aliphatic carbocycles. The van der Waals surface area contributed by atoms with Gasteiger partial charge in [-0.25, -0.2) is 0 Å². The molecule has 0 saturated heterocycles. The standard InChI is InChI=1S/C21H13Cl3N2OS/c22-13-7-8-15(17(24)10-13)21-18(20(27)12-4-3-9-25-11-12)19(26-28-21)14-5-1-2-6-16(14)23/h1-11,20,27H. The second-order valence-electron chi connectivity index (χ2n) is 6.07. The Labute approximate surface area is 181 Å². The van der Waals surface area contributed by atoms with E-state index in [1.54, 1.807) is 36.7 Å². The smallest absolute Gasteiger partial charge is 0.109 e. The lowest BCUT2D eigenvalue weighted by atomic mass is 9.95. The number of rotatable bonds is 4. The average molecular weight is 448 g/mol. The van der Waals surface area contributed by atoms with Gasteiger partial charge in [0.25, 0.3) is 0 Å². The van der Waals surface area contributed by atoms with Crippen LogP contribution < -0.4 is 0 Å². The molecule has 0 bridgehead atoms. The number of benzene rings is 2. The normalized spacial score (nSPS) is 12.1. The lowest BCUT2D eigenvalue weighted by Crippen LogP contribution is -2.03.